The van der Waals surface area contributed by atoms with Crippen molar-refractivity contribution in [1.82, 2.24) is 5.32 Å². The molecule has 0 aromatic heterocycles. The summed E-state index contributed by atoms with van der Waals surface area (Å²) in [6.07, 6.45) is 6.44. The van der Waals surface area contributed by atoms with Crippen LogP contribution in [-0.4, -0.2) is 28.4 Å². The van der Waals surface area contributed by atoms with Crippen LogP contribution in [0.25, 0.3) is 0 Å². The number of benzene rings is 1. The molecule has 0 aliphatic heterocycles. The second kappa shape index (κ2) is 7.13. The van der Waals surface area contributed by atoms with Gasteiger partial charge in [0.15, 0.2) is 0 Å². The molecule has 5 nitrogen and oxygen atoms in total. The van der Waals surface area contributed by atoms with Gasteiger partial charge in [-0.3, -0.25) is 14.9 Å². The molecule has 2 atom stereocenters. The summed E-state index contributed by atoms with van der Waals surface area (Å²) in [7, 11) is 0. The number of nitrogens with zero attached hydrogens (tertiary/aromatic N) is 1. The van der Waals surface area contributed by atoms with E-state index < -0.39 is 4.92 Å². The number of nitrogens with one attached hydrogen (secondary N) is 1. The van der Waals surface area contributed by atoms with Crippen LogP contribution in [0, 0.1) is 10.1 Å². The van der Waals surface area contributed by atoms with Crippen LogP contribution in [0.15, 0.2) is 18.2 Å². The van der Waals surface area contributed by atoms with Crippen LogP contribution in [0.2, 0.25) is 5.02 Å². The molecule has 0 radical (unpaired) electrons. The van der Waals surface area contributed by atoms with Crippen molar-refractivity contribution in [3.05, 3.63) is 38.9 Å². The summed E-state index contributed by atoms with van der Waals surface area (Å²) in [4.78, 5) is 22.4. The number of halogens is 1. The second-order valence-corrected chi connectivity index (χ2v) is 6.55. The fourth-order valence-electron chi connectivity index (χ4n) is 2.59. The summed E-state index contributed by atoms with van der Waals surface area (Å²) >= 11 is 7.61. The predicted octanol–water partition coefficient (Wildman–Crippen LogP) is 3.65. The van der Waals surface area contributed by atoms with Crippen molar-refractivity contribution in [2.45, 2.75) is 37.0 Å². The second-order valence-electron chi connectivity index (χ2n) is 5.06. The van der Waals surface area contributed by atoms with Crippen molar-refractivity contribution in [3.63, 3.8) is 0 Å². The molecule has 1 aromatic carbocycles. The number of thioether (sulfide) groups is 1. The van der Waals surface area contributed by atoms with Crippen LogP contribution >= 0.6 is 23.4 Å². The highest BCUT2D eigenvalue weighted by molar-refractivity contribution is 7.99. The molecule has 1 N–H and O–H groups in total. The quantitative estimate of drug-likeness (QED) is 0.676. The molecule has 114 valence electrons. The van der Waals surface area contributed by atoms with E-state index in [4.69, 9.17) is 11.6 Å². The van der Waals surface area contributed by atoms with Gasteiger partial charge in [0.05, 0.1) is 4.92 Å². The Bertz CT molecular complexity index is 553. The van der Waals surface area contributed by atoms with E-state index in [1.165, 1.54) is 24.6 Å². The van der Waals surface area contributed by atoms with Gasteiger partial charge in [0.1, 0.15) is 5.02 Å². The molecule has 2 unspecified atom stereocenters. The van der Waals surface area contributed by atoms with Gasteiger partial charge in [-0.2, -0.15) is 11.8 Å². The smallest absolute Gasteiger partial charge is 0.287 e. The number of nitro groups is 1. The third-order valence-electron chi connectivity index (χ3n) is 3.73. The van der Waals surface area contributed by atoms with Gasteiger partial charge in [-0.15, -0.1) is 0 Å². The first-order valence-electron chi connectivity index (χ1n) is 6.80. The van der Waals surface area contributed by atoms with Crippen LogP contribution < -0.4 is 5.32 Å². The molecule has 1 amide bonds. The van der Waals surface area contributed by atoms with E-state index in [2.05, 4.69) is 11.6 Å². The molecule has 0 spiro atoms. The van der Waals surface area contributed by atoms with E-state index in [0.29, 0.717) is 10.8 Å². The highest BCUT2D eigenvalue weighted by atomic mass is 35.5. The van der Waals surface area contributed by atoms with Crippen molar-refractivity contribution < 1.29 is 9.72 Å². The van der Waals surface area contributed by atoms with E-state index in [0.717, 1.165) is 19.3 Å². The Morgan fingerprint density at radius 1 is 1.43 bits per heavy atom. The van der Waals surface area contributed by atoms with Crippen molar-refractivity contribution in [2.24, 2.45) is 0 Å². The molecule has 1 fully saturated rings. The van der Waals surface area contributed by atoms with Gasteiger partial charge in [-0.05, 0) is 31.2 Å². The number of carbonyl (C=O) groups excluding carboxylic acids is 1. The first-order valence-corrected chi connectivity index (χ1v) is 8.47. The number of hydrogen-bond donors (Lipinski definition) is 1. The molecule has 1 aliphatic carbocycles. The number of rotatable bonds is 4. The SMILES string of the molecule is CSC1CCCCC1NC(=O)c1ccc([N+](=O)[O-])c(Cl)c1. The van der Waals surface area contributed by atoms with E-state index in [9.17, 15) is 14.9 Å². The first kappa shape index (κ1) is 16.1. The monoisotopic (exact) mass is 328 g/mol. The predicted molar refractivity (Wildman–Crippen MR) is 85.1 cm³/mol. The minimum atomic E-state index is -0.561. The minimum absolute atomic E-state index is 0.0160. The van der Waals surface area contributed by atoms with E-state index in [1.807, 2.05) is 0 Å². The average Bonchev–Trinajstić information content (AvgIpc) is 2.47. The molecule has 1 aliphatic rings. The standard InChI is InChI=1S/C14H17ClN2O3S/c1-21-13-5-3-2-4-11(13)16-14(18)9-6-7-12(17(19)20)10(15)8-9/h6-8,11,13H,2-5H2,1H3,(H,16,18). The zero-order valence-electron chi connectivity index (χ0n) is 11.7. The Balaban J connectivity index is 2.09. The van der Waals surface area contributed by atoms with Crippen molar-refractivity contribution in [3.8, 4) is 0 Å². The van der Waals surface area contributed by atoms with Gasteiger partial charge >= 0.3 is 0 Å². The summed E-state index contributed by atoms with van der Waals surface area (Å²) in [6, 6.07) is 4.21. The molecular formula is C14H17ClN2O3S. The maximum Gasteiger partial charge on any atom is 0.287 e. The van der Waals surface area contributed by atoms with Gasteiger partial charge < -0.3 is 5.32 Å². The normalized spacial score (nSPS) is 21.8. The Labute approximate surface area is 132 Å². The van der Waals surface area contributed by atoms with E-state index >= 15 is 0 Å². The summed E-state index contributed by atoms with van der Waals surface area (Å²) in [5.74, 6) is -0.224. The maximum atomic E-state index is 12.3. The molecule has 2 rings (SSSR count). The number of carbonyl (C=O) groups is 1. The molecule has 1 aromatic rings. The minimum Gasteiger partial charge on any atom is -0.348 e. The van der Waals surface area contributed by atoms with Crippen molar-refractivity contribution in [1.29, 1.82) is 0 Å². The Kier molecular flexibility index (Phi) is 5.47. The van der Waals surface area contributed by atoms with Crippen LogP contribution in [0.4, 0.5) is 5.69 Å². The topological polar surface area (TPSA) is 72.2 Å². The number of amides is 1. The third-order valence-corrected chi connectivity index (χ3v) is 5.20. The fraction of sp³-hybridized carbons (Fsp3) is 0.500. The largest absolute Gasteiger partial charge is 0.348 e. The van der Waals surface area contributed by atoms with Gasteiger partial charge in [0.2, 0.25) is 0 Å². The molecule has 1 saturated carbocycles. The van der Waals surface area contributed by atoms with Crippen LogP contribution in [0.5, 0.6) is 0 Å². The van der Waals surface area contributed by atoms with Gasteiger partial charge in [-0.1, -0.05) is 24.4 Å². The fourth-order valence-corrected chi connectivity index (χ4v) is 3.78. The average molecular weight is 329 g/mol. The lowest BCUT2D eigenvalue weighted by Crippen LogP contribution is -2.43. The summed E-state index contributed by atoms with van der Waals surface area (Å²) in [5, 5.41) is 14.2. The Morgan fingerprint density at radius 3 is 2.76 bits per heavy atom. The molecule has 0 heterocycles. The highest BCUT2D eigenvalue weighted by Crippen LogP contribution is 2.28. The Hall–Kier alpha value is -1.27. The number of hydrogen-bond acceptors (Lipinski definition) is 4. The van der Waals surface area contributed by atoms with E-state index in [1.54, 1.807) is 11.8 Å². The summed E-state index contributed by atoms with van der Waals surface area (Å²) in [5.41, 5.74) is 0.170. The lowest BCUT2D eigenvalue weighted by Gasteiger charge is -2.30. The van der Waals surface area contributed by atoms with Crippen LogP contribution in [-0.2, 0) is 0 Å². The first-order chi connectivity index (χ1) is 10.0. The zero-order valence-corrected chi connectivity index (χ0v) is 13.2. The van der Waals surface area contributed by atoms with Crippen LogP contribution in [0.3, 0.4) is 0 Å². The molecule has 21 heavy (non-hydrogen) atoms. The van der Waals surface area contributed by atoms with Crippen molar-refractivity contribution >= 4 is 35.0 Å². The molecule has 0 bridgehead atoms. The molecule has 0 saturated heterocycles. The van der Waals surface area contributed by atoms with Gasteiger partial charge in [-0.25, -0.2) is 0 Å². The molecule has 7 heteroatoms. The van der Waals surface area contributed by atoms with E-state index in [-0.39, 0.29) is 22.7 Å². The lowest BCUT2D eigenvalue weighted by atomic mass is 9.94. The number of nitro benzene ring substituents is 1. The Morgan fingerprint density at radius 2 is 2.14 bits per heavy atom. The van der Waals surface area contributed by atoms with Gasteiger partial charge in [0, 0.05) is 22.9 Å². The van der Waals surface area contributed by atoms with Crippen molar-refractivity contribution in [2.75, 3.05) is 6.26 Å². The van der Waals surface area contributed by atoms with Gasteiger partial charge in [0.25, 0.3) is 11.6 Å². The highest BCUT2D eigenvalue weighted by Gasteiger charge is 2.26. The molecular weight excluding hydrogens is 312 g/mol. The third kappa shape index (κ3) is 3.89. The summed E-state index contributed by atoms with van der Waals surface area (Å²) < 4.78 is 0. The summed E-state index contributed by atoms with van der Waals surface area (Å²) in [6.45, 7) is 0. The van der Waals surface area contributed by atoms with Crippen LogP contribution in [0.1, 0.15) is 36.0 Å². The zero-order chi connectivity index (χ0) is 15.4. The lowest BCUT2D eigenvalue weighted by molar-refractivity contribution is -0.384. The maximum absolute atomic E-state index is 12.3.